The number of benzene rings is 1. The fourth-order valence-corrected chi connectivity index (χ4v) is 3.59. The molecule has 4 rings (SSSR count). The number of aliphatic hydroxyl groups excluding tert-OH is 1. The number of H-pyrrole nitrogens is 1. The Morgan fingerprint density at radius 2 is 2.14 bits per heavy atom. The highest BCUT2D eigenvalue weighted by Gasteiger charge is 2.32. The molecule has 1 aromatic carbocycles. The zero-order valence-corrected chi connectivity index (χ0v) is 14.9. The Hall–Kier alpha value is -2.88. The van der Waals surface area contributed by atoms with E-state index in [0.29, 0.717) is 29.9 Å². The molecule has 10 heteroatoms. The van der Waals surface area contributed by atoms with E-state index in [1.807, 2.05) is 0 Å². The van der Waals surface area contributed by atoms with Gasteiger partial charge in [-0.1, -0.05) is 0 Å². The van der Waals surface area contributed by atoms with Gasteiger partial charge in [-0.3, -0.25) is 4.57 Å². The number of hydrogen-bond donors (Lipinski definition) is 2. The topological polar surface area (TPSA) is 87.0 Å². The van der Waals surface area contributed by atoms with Crippen molar-refractivity contribution in [2.45, 2.75) is 31.7 Å². The molecule has 0 aliphatic carbocycles. The van der Waals surface area contributed by atoms with Crippen LogP contribution in [0.5, 0.6) is 0 Å². The Bertz CT molecular complexity index is 1060. The molecule has 1 aliphatic heterocycles. The number of alkyl halides is 3. The number of β-amino-alcohol motifs (C(OH)–C–C–N with tert-alkyl or cyclic N) is 1. The van der Waals surface area contributed by atoms with Gasteiger partial charge >= 0.3 is 11.9 Å². The average Bonchev–Trinajstić information content (AvgIpc) is 3.31. The first-order valence-corrected chi connectivity index (χ1v) is 8.80. The van der Waals surface area contributed by atoms with Crippen LogP contribution in [0.25, 0.3) is 10.9 Å². The van der Waals surface area contributed by atoms with Crippen LogP contribution in [0.4, 0.5) is 19.0 Å². The smallest absolute Gasteiger partial charge is 0.391 e. The number of aliphatic hydroxyl groups is 1. The average molecular weight is 393 g/mol. The van der Waals surface area contributed by atoms with E-state index in [9.17, 15) is 23.1 Å². The molecule has 0 radical (unpaired) electrons. The molecule has 0 spiro atoms. The summed E-state index contributed by atoms with van der Waals surface area (Å²) in [6.45, 7) is 2.45. The highest BCUT2D eigenvalue weighted by Crippen LogP contribution is 2.35. The van der Waals surface area contributed by atoms with Gasteiger partial charge in [-0.25, -0.2) is 9.78 Å². The van der Waals surface area contributed by atoms with Gasteiger partial charge in [-0.15, -0.1) is 0 Å². The van der Waals surface area contributed by atoms with Gasteiger partial charge in [0.15, 0.2) is 0 Å². The molecule has 2 N–H and O–H groups in total. The third-order valence-electron chi connectivity index (χ3n) is 5.05. The van der Waals surface area contributed by atoms with E-state index in [0.717, 1.165) is 12.1 Å². The SMILES string of the molecule is C[C@H](c1cnc[nH]1)n1c(=O)nc(N2CC[C@@H](O)C2)c2ccc(C(F)(F)F)cc21. The number of nitrogens with one attached hydrogen (secondary N) is 1. The number of imidazole rings is 1. The zero-order valence-electron chi connectivity index (χ0n) is 14.9. The van der Waals surface area contributed by atoms with E-state index in [1.165, 1.54) is 23.2 Å². The van der Waals surface area contributed by atoms with E-state index in [-0.39, 0.29) is 12.1 Å². The van der Waals surface area contributed by atoms with Crippen molar-refractivity contribution < 1.29 is 18.3 Å². The predicted octanol–water partition coefficient (Wildman–Crippen LogP) is 2.32. The molecule has 1 saturated heterocycles. The summed E-state index contributed by atoms with van der Waals surface area (Å²) in [7, 11) is 0. The number of anilines is 1. The second-order valence-electron chi connectivity index (χ2n) is 6.89. The summed E-state index contributed by atoms with van der Waals surface area (Å²) in [6, 6.07) is 2.70. The van der Waals surface area contributed by atoms with Crippen molar-refractivity contribution in [3.8, 4) is 0 Å². The van der Waals surface area contributed by atoms with Crippen LogP contribution in [0, 0.1) is 0 Å². The minimum absolute atomic E-state index is 0.133. The van der Waals surface area contributed by atoms with Crippen molar-refractivity contribution in [3.63, 3.8) is 0 Å². The van der Waals surface area contributed by atoms with Crippen molar-refractivity contribution >= 4 is 16.7 Å². The summed E-state index contributed by atoms with van der Waals surface area (Å²) in [6.07, 6.45) is -1.64. The lowest BCUT2D eigenvalue weighted by atomic mass is 10.1. The Balaban J connectivity index is 1.97. The van der Waals surface area contributed by atoms with E-state index in [4.69, 9.17) is 0 Å². The Kier molecular flexibility index (Phi) is 4.37. The van der Waals surface area contributed by atoms with E-state index in [2.05, 4.69) is 15.0 Å². The van der Waals surface area contributed by atoms with Crippen LogP contribution in [0.2, 0.25) is 0 Å². The highest BCUT2D eigenvalue weighted by molar-refractivity contribution is 5.90. The summed E-state index contributed by atoms with van der Waals surface area (Å²) < 4.78 is 41.2. The molecule has 2 aromatic heterocycles. The van der Waals surface area contributed by atoms with Crippen LogP contribution in [0.1, 0.15) is 30.6 Å². The van der Waals surface area contributed by atoms with Crippen molar-refractivity contribution in [2.24, 2.45) is 0 Å². The monoisotopic (exact) mass is 393 g/mol. The molecular formula is C18H18F3N5O2. The second-order valence-corrected chi connectivity index (χ2v) is 6.89. The lowest BCUT2D eigenvalue weighted by molar-refractivity contribution is -0.137. The zero-order chi connectivity index (χ0) is 20.1. The van der Waals surface area contributed by atoms with Crippen molar-refractivity contribution in [3.05, 3.63) is 52.5 Å². The second kappa shape index (κ2) is 6.62. The van der Waals surface area contributed by atoms with Crippen molar-refractivity contribution in [1.29, 1.82) is 0 Å². The van der Waals surface area contributed by atoms with Crippen LogP contribution < -0.4 is 10.6 Å². The number of fused-ring (bicyclic) bond motifs is 1. The molecular weight excluding hydrogens is 375 g/mol. The molecule has 3 aromatic rings. The van der Waals surface area contributed by atoms with Gasteiger partial charge in [-0.05, 0) is 31.5 Å². The molecule has 1 aliphatic rings. The summed E-state index contributed by atoms with van der Waals surface area (Å²) in [5.41, 5.74) is -0.797. The third-order valence-corrected chi connectivity index (χ3v) is 5.05. The minimum Gasteiger partial charge on any atom is -0.391 e. The van der Waals surface area contributed by atoms with Crippen LogP contribution in [-0.2, 0) is 6.18 Å². The minimum atomic E-state index is -4.54. The van der Waals surface area contributed by atoms with Crippen molar-refractivity contribution in [1.82, 2.24) is 19.5 Å². The number of halogens is 3. The number of aromatic amines is 1. The fraction of sp³-hybridized carbons (Fsp3) is 0.389. The molecule has 0 saturated carbocycles. The first kappa shape index (κ1) is 18.5. The number of nitrogens with zero attached hydrogens (tertiary/aromatic N) is 4. The maximum atomic E-state index is 13.3. The molecule has 0 unspecified atom stereocenters. The number of aromatic nitrogens is 4. The van der Waals surface area contributed by atoms with Crippen LogP contribution in [0.15, 0.2) is 35.5 Å². The first-order chi connectivity index (χ1) is 13.3. The number of rotatable bonds is 3. The summed E-state index contributed by atoms with van der Waals surface area (Å²) in [5, 5.41) is 10.2. The maximum absolute atomic E-state index is 13.3. The van der Waals surface area contributed by atoms with Crippen LogP contribution in [0.3, 0.4) is 0 Å². The Labute approximate surface area is 157 Å². The molecule has 2 atom stereocenters. The Morgan fingerprint density at radius 3 is 2.75 bits per heavy atom. The molecule has 7 nitrogen and oxygen atoms in total. The molecule has 1 fully saturated rings. The normalized spacial score (nSPS) is 18.8. The molecule has 0 bridgehead atoms. The lowest BCUT2D eigenvalue weighted by Gasteiger charge is -2.23. The summed E-state index contributed by atoms with van der Waals surface area (Å²) >= 11 is 0. The van der Waals surface area contributed by atoms with Gasteiger partial charge in [0.2, 0.25) is 0 Å². The van der Waals surface area contributed by atoms with Gasteiger partial charge in [0.1, 0.15) is 5.82 Å². The molecule has 28 heavy (non-hydrogen) atoms. The van der Waals surface area contributed by atoms with Crippen LogP contribution >= 0.6 is 0 Å². The fourth-order valence-electron chi connectivity index (χ4n) is 3.59. The highest BCUT2D eigenvalue weighted by atomic mass is 19.4. The standard InChI is InChI=1S/C18H18F3N5O2/c1-10(14-7-22-9-23-14)26-15-6-11(18(19,20)21)2-3-13(15)16(24-17(26)28)25-5-4-12(27)8-25/h2-3,6-7,9-10,12,27H,4-5,8H2,1H3,(H,22,23)/t10-,12-/m1/s1. The maximum Gasteiger partial charge on any atom is 0.416 e. The first-order valence-electron chi connectivity index (χ1n) is 8.80. The van der Waals surface area contributed by atoms with Gasteiger partial charge in [0.05, 0.1) is 41.4 Å². The van der Waals surface area contributed by atoms with E-state index < -0.39 is 29.6 Å². The molecule has 148 valence electrons. The number of hydrogen-bond acceptors (Lipinski definition) is 5. The third kappa shape index (κ3) is 3.13. The lowest BCUT2D eigenvalue weighted by Crippen LogP contribution is -2.31. The van der Waals surface area contributed by atoms with Gasteiger partial charge in [-0.2, -0.15) is 18.2 Å². The van der Waals surface area contributed by atoms with Gasteiger partial charge in [0, 0.05) is 18.5 Å². The van der Waals surface area contributed by atoms with E-state index in [1.54, 1.807) is 11.8 Å². The van der Waals surface area contributed by atoms with Gasteiger partial charge in [0.25, 0.3) is 0 Å². The predicted molar refractivity (Wildman–Crippen MR) is 96.2 cm³/mol. The van der Waals surface area contributed by atoms with Crippen LogP contribution in [-0.4, -0.2) is 43.8 Å². The quantitative estimate of drug-likeness (QED) is 0.713. The van der Waals surface area contributed by atoms with Crippen molar-refractivity contribution in [2.75, 3.05) is 18.0 Å². The van der Waals surface area contributed by atoms with Gasteiger partial charge < -0.3 is 15.0 Å². The summed E-state index contributed by atoms with van der Waals surface area (Å²) in [5.74, 6) is 0.290. The molecule has 3 heterocycles. The molecule has 0 amide bonds. The van der Waals surface area contributed by atoms with E-state index >= 15 is 0 Å². The Morgan fingerprint density at radius 1 is 1.36 bits per heavy atom. The summed E-state index contributed by atoms with van der Waals surface area (Å²) in [4.78, 5) is 25.5. The largest absolute Gasteiger partial charge is 0.416 e.